The molecule has 1 N–H and O–H groups in total. The standard InChI is InChI=1S/C15H19N3O/c1-4-18(5-2)15-16-13(11(3)14(19)17-15)12-9-7-6-8-10-12/h6-10H,4-5H2,1-3H3,(H,16,17,19). The Kier molecular flexibility index (Phi) is 4.00. The summed E-state index contributed by atoms with van der Waals surface area (Å²) in [5.41, 5.74) is 2.31. The van der Waals surface area contributed by atoms with Crippen LogP contribution in [0.5, 0.6) is 0 Å². The number of benzene rings is 1. The Morgan fingerprint density at radius 2 is 1.79 bits per heavy atom. The molecule has 0 spiro atoms. The topological polar surface area (TPSA) is 49.0 Å². The van der Waals surface area contributed by atoms with Crippen molar-refractivity contribution in [3.63, 3.8) is 0 Å². The zero-order chi connectivity index (χ0) is 13.8. The molecule has 0 aliphatic heterocycles. The maximum Gasteiger partial charge on any atom is 0.255 e. The molecule has 0 radical (unpaired) electrons. The zero-order valence-corrected chi connectivity index (χ0v) is 11.6. The smallest absolute Gasteiger partial charge is 0.255 e. The molecule has 2 rings (SSSR count). The summed E-state index contributed by atoms with van der Waals surface area (Å²) in [7, 11) is 0. The van der Waals surface area contributed by atoms with Crippen molar-refractivity contribution >= 4 is 5.95 Å². The van der Waals surface area contributed by atoms with Crippen LogP contribution in [0.2, 0.25) is 0 Å². The molecule has 0 saturated heterocycles. The number of hydrogen-bond acceptors (Lipinski definition) is 3. The minimum Gasteiger partial charge on any atom is -0.343 e. The van der Waals surface area contributed by atoms with E-state index in [0.29, 0.717) is 11.5 Å². The molecule has 0 atom stereocenters. The van der Waals surface area contributed by atoms with E-state index >= 15 is 0 Å². The molecule has 100 valence electrons. The third kappa shape index (κ3) is 2.67. The van der Waals surface area contributed by atoms with Crippen LogP contribution in [0.3, 0.4) is 0 Å². The van der Waals surface area contributed by atoms with Crippen LogP contribution in [-0.4, -0.2) is 23.1 Å². The highest BCUT2D eigenvalue weighted by molar-refractivity contribution is 5.63. The molecule has 19 heavy (non-hydrogen) atoms. The lowest BCUT2D eigenvalue weighted by Gasteiger charge is -2.20. The van der Waals surface area contributed by atoms with E-state index in [4.69, 9.17) is 0 Å². The first-order valence-corrected chi connectivity index (χ1v) is 6.58. The van der Waals surface area contributed by atoms with Crippen LogP contribution in [-0.2, 0) is 0 Å². The van der Waals surface area contributed by atoms with Crippen molar-refractivity contribution in [2.24, 2.45) is 0 Å². The third-order valence-corrected chi connectivity index (χ3v) is 3.25. The van der Waals surface area contributed by atoms with Gasteiger partial charge in [0, 0.05) is 24.2 Å². The van der Waals surface area contributed by atoms with E-state index in [1.807, 2.05) is 49.1 Å². The Morgan fingerprint density at radius 1 is 1.16 bits per heavy atom. The van der Waals surface area contributed by atoms with Crippen LogP contribution in [0, 0.1) is 6.92 Å². The highest BCUT2D eigenvalue weighted by Gasteiger charge is 2.12. The van der Waals surface area contributed by atoms with Crippen molar-refractivity contribution in [2.45, 2.75) is 20.8 Å². The van der Waals surface area contributed by atoms with Gasteiger partial charge in [0.2, 0.25) is 5.95 Å². The average Bonchev–Trinajstić information content (AvgIpc) is 2.44. The SMILES string of the molecule is CCN(CC)c1nc(-c2ccccc2)c(C)c(=O)[nH]1. The first-order valence-electron chi connectivity index (χ1n) is 6.58. The highest BCUT2D eigenvalue weighted by atomic mass is 16.1. The third-order valence-electron chi connectivity index (χ3n) is 3.25. The fourth-order valence-electron chi connectivity index (χ4n) is 2.07. The minimum absolute atomic E-state index is 0.0734. The van der Waals surface area contributed by atoms with Gasteiger partial charge in [-0.05, 0) is 20.8 Å². The van der Waals surface area contributed by atoms with Crippen LogP contribution < -0.4 is 10.5 Å². The Hall–Kier alpha value is -2.10. The number of aromatic amines is 1. The maximum absolute atomic E-state index is 12.0. The fourth-order valence-corrected chi connectivity index (χ4v) is 2.07. The van der Waals surface area contributed by atoms with E-state index in [1.165, 1.54) is 0 Å². The number of H-pyrrole nitrogens is 1. The van der Waals surface area contributed by atoms with Crippen LogP contribution in [0.1, 0.15) is 19.4 Å². The number of nitrogens with zero attached hydrogens (tertiary/aromatic N) is 2. The van der Waals surface area contributed by atoms with Gasteiger partial charge in [-0.3, -0.25) is 9.78 Å². The molecule has 2 aromatic rings. The number of nitrogens with one attached hydrogen (secondary N) is 1. The van der Waals surface area contributed by atoms with Gasteiger partial charge < -0.3 is 4.90 Å². The molecule has 0 fully saturated rings. The lowest BCUT2D eigenvalue weighted by atomic mass is 10.1. The van der Waals surface area contributed by atoms with Gasteiger partial charge >= 0.3 is 0 Å². The van der Waals surface area contributed by atoms with E-state index in [0.717, 1.165) is 24.3 Å². The summed E-state index contributed by atoms with van der Waals surface area (Å²) in [6, 6.07) is 9.81. The monoisotopic (exact) mass is 257 g/mol. The van der Waals surface area contributed by atoms with Gasteiger partial charge in [-0.2, -0.15) is 0 Å². The van der Waals surface area contributed by atoms with Gasteiger partial charge in [0.1, 0.15) is 0 Å². The minimum atomic E-state index is -0.0734. The second kappa shape index (κ2) is 5.69. The Balaban J connectivity index is 2.58. The molecule has 0 saturated carbocycles. The average molecular weight is 257 g/mol. The number of anilines is 1. The molecular weight excluding hydrogens is 238 g/mol. The van der Waals surface area contributed by atoms with Gasteiger partial charge in [0.25, 0.3) is 5.56 Å². The summed E-state index contributed by atoms with van der Waals surface area (Å²) >= 11 is 0. The van der Waals surface area contributed by atoms with E-state index in [1.54, 1.807) is 6.92 Å². The molecule has 0 aliphatic rings. The van der Waals surface area contributed by atoms with Gasteiger partial charge in [-0.15, -0.1) is 0 Å². The van der Waals surface area contributed by atoms with Crippen LogP contribution in [0.4, 0.5) is 5.95 Å². The predicted molar refractivity (Wildman–Crippen MR) is 78.6 cm³/mol. The molecule has 4 nitrogen and oxygen atoms in total. The van der Waals surface area contributed by atoms with Gasteiger partial charge in [0.15, 0.2) is 0 Å². The quantitative estimate of drug-likeness (QED) is 0.916. The summed E-state index contributed by atoms with van der Waals surface area (Å²) in [5, 5.41) is 0. The van der Waals surface area contributed by atoms with Gasteiger partial charge in [0.05, 0.1) is 5.69 Å². The molecule has 1 heterocycles. The van der Waals surface area contributed by atoms with Crippen LogP contribution in [0.15, 0.2) is 35.1 Å². The van der Waals surface area contributed by atoms with Crippen LogP contribution in [0.25, 0.3) is 11.3 Å². The van der Waals surface area contributed by atoms with E-state index in [-0.39, 0.29) is 5.56 Å². The number of aromatic nitrogens is 2. The molecule has 0 unspecified atom stereocenters. The fraction of sp³-hybridized carbons (Fsp3) is 0.333. The number of rotatable bonds is 4. The summed E-state index contributed by atoms with van der Waals surface area (Å²) in [4.78, 5) is 21.5. The first kappa shape index (κ1) is 13.3. The van der Waals surface area contributed by atoms with Crippen molar-refractivity contribution in [3.8, 4) is 11.3 Å². The molecular formula is C15H19N3O. The van der Waals surface area contributed by atoms with E-state index in [9.17, 15) is 4.79 Å². The number of hydrogen-bond donors (Lipinski definition) is 1. The maximum atomic E-state index is 12.0. The highest BCUT2D eigenvalue weighted by Crippen LogP contribution is 2.20. The lowest BCUT2D eigenvalue weighted by Crippen LogP contribution is -2.27. The van der Waals surface area contributed by atoms with Crippen LogP contribution >= 0.6 is 0 Å². The molecule has 0 bridgehead atoms. The van der Waals surface area contributed by atoms with Crippen molar-refractivity contribution < 1.29 is 0 Å². The van der Waals surface area contributed by atoms with E-state index in [2.05, 4.69) is 9.97 Å². The largest absolute Gasteiger partial charge is 0.343 e. The molecule has 0 aliphatic carbocycles. The Bertz CT molecular complexity index is 601. The van der Waals surface area contributed by atoms with Gasteiger partial charge in [-0.25, -0.2) is 4.98 Å². The molecule has 1 aromatic heterocycles. The second-order valence-corrected chi connectivity index (χ2v) is 4.40. The second-order valence-electron chi connectivity index (χ2n) is 4.40. The summed E-state index contributed by atoms with van der Waals surface area (Å²) in [5.74, 6) is 0.638. The normalized spacial score (nSPS) is 10.5. The predicted octanol–water partition coefficient (Wildman–Crippen LogP) is 2.59. The molecule has 0 amide bonds. The molecule has 1 aromatic carbocycles. The zero-order valence-electron chi connectivity index (χ0n) is 11.6. The van der Waals surface area contributed by atoms with Crippen molar-refractivity contribution in [1.82, 2.24) is 9.97 Å². The summed E-state index contributed by atoms with van der Waals surface area (Å²) in [6.45, 7) is 7.53. The van der Waals surface area contributed by atoms with E-state index < -0.39 is 0 Å². The van der Waals surface area contributed by atoms with Gasteiger partial charge in [-0.1, -0.05) is 30.3 Å². The van der Waals surface area contributed by atoms with Crippen molar-refractivity contribution in [2.75, 3.05) is 18.0 Å². The summed E-state index contributed by atoms with van der Waals surface area (Å²) < 4.78 is 0. The van der Waals surface area contributed by atoms with Crippen molar-refractivity contribution in [1.29, 1.82) is 0 Å². The Labute approximate surface area is 113 Å². The molecule has 4 heteroatoms. The Morgan fingerprint density at radius 3 is 2.37 bits per heavy atom. The first-order chi connectivity index (χ1) is 9.17. The summed E-state index contributed by atoms with van der Waals surface area (Å²) in [6.07, 6.45) is 0. The lowest BCUT2D eigenvalue weighted by molar-refractivity contribution is 0.815. The van der Waals surface area contributed by atoms with Crippen molar-refractivity contribution in [3.05, 3.63) is 46.2 Å².